The summed E-state index contributed by atoms with van der Waals surface area (Å²) in [6, 6.07) is 21.0. The zero-order chi connectivity index (χ0) is 28.5. The summed E-state index contributed by atoms with van der Waals surface area (Å²) in [7, 11) is 1.62. The number of hydrogen-bond acceptors (Lipinski definition) is 4. The maximum Gasteiger partial charge on any atom is 0.261 e. The molecule has 0 aliphatic heterocycles. The van der Waals surface area contributed by atoms with E-state index in [9.17, 15) is 9.59 Å². The Kier molecular flexibility index (Phi) is 10.2. The van der Waals surface area contributed by atoms with Gasteiger partial charge in [0.05, 0.1) is 7.11 Å². The Bertz CT molecular complexity index is 1280. The molecule has 1 N–H and O–H groups in total. The highest BCUT2D eigenvalue weighted by molar-refractivity contribution is 5.88. The third kappa shape index (κ3) is 7.87. The van der Waals surface area contributed by atoms with Gasteiger partial charge in [-0.1, -0.05) is 67.8 Å². The summed E-state index contributed by atoms with van der Waals surface area (Å²) >= 11 is 0. The maximum absolute atomic E-state index is 14.0. The molecule has 1 fully saturated rings. The molecule has 1 unspecified atom stereocenters. The number of hydrogen-bond donors (Lipinski definition) is 1. The fraction of sp³-hybridized carbons (Fsp3) is 0.412. The normalized spacial score (nSPS) is 14.3. The van der Waals surface area contributed by atoms with Crippen LogP contribution in [0.15, 0.2) is 66.7 Å². The van der Waals surface area contributed by atoms with Gasteiger partial charge >= 0.3 is 0 Å². The predicted molar refractivity (Wildman–Crippen MR) is 159 cm³/mol. The van der Waals surface area contributed by atoms with E-state index < -0.39 is 6.04 Å². The molecule has 1 atom stereocenters. The van der Waals surface area contributed by atoms with Crippen molar-refractivity contribution < 1.29 is 19.1 Å². The van der Waals surface area contributed by atoms with E-state index in [1.807, 2.05) is 81.4 Å². The lowest BCUT2D eigenvalue weighted by Gasteiger charge is -2.33. The largest absolute Gasteiger partial charge is 0.497 e. The first kappa shape index (κ1) is 29.2. The second-order valence-corrected chi connectivity index (χ2v) is 10.9. The van der Waals surface area contributed by atoms with Crippen molar-refractivity contribution in [3.05, 3.63) is 94.5 Å². The molecule has 2 amide bonds. The van der Waals surface area contributed by atoms with E-state index in [0.717, 1.165) is 53.5 Å². The van der Waals surface area contributed by atoms with Crippen LogP contribution in [0.5, 0.6) is 11.5 Å². The number of aryl methyl sites for hydroxylation is 2. The van der Waals surface area contributed by atoms with Crippen LogP contribution in [0.3, 0.4) is 0 Å². The SMILES string of the molecule is COc1cccc(CN(C(=O)COc2cc(C)cc(C)c2C)C(Cc2ccccc2)C(=O)NC2CCCCC2)c1. The summed E-state index contributed by atoms with van der Waals surface area (Å²) in [6.45, 7) is 6.16. The molecule has 40 heavy (non-hydrogen) atoms. The van der Waals surface area contributed by atoms with Crippen molar-refractivity contribution in [2.45, 2.75) is 77.9 Å². The molecule has 6 nitrogen and oxygen atoms in total. The van der Waals surface area contributed by atoms with Crippen molar-refractivity contribution in [2.24, 2.45) is 0 Å². The van der Waals surface area contributed by atoms with E-state index in [4.69, 9.17) is 9.47 Å². The summed E-state index contributed by atoms with van der Waals surface area (Å²) in [5.41, 5.74) is 5.09. The van der Waals surface area contributed by atoms with E-state index in [1.54, 1.807) is 12.0 Å². The zero-order valence-electron chi connectivity index (χ0n) is 24.2. The molecular weight excluding hydrogens is 500 g/mol. The standard InChI is InChI=1S/C34H42N2O4/c1-24-18-25(2)26(3)32(19-24)40-23-33(37)36(22-28-14-11-17-30(20-28)39-4)31(21-27-12-7-5-8-13-27)34(38)35-29-15-9-6-10-16-29/h5,7-8,11-14,17-20,29,31H,6,9-10,15-16,21-23H2,1-4H3,(H,35,38). The number of ether oxygens (including phenoxy) is 2. The second kappa shape index (κ2) is 14.0. The molecule has 1 aliphatic carbocycles. The molecule has 4 rings (SSSR count). The number of amides is 2. The first-order chi connectivity index (χ1) is 19.3. The Morgan fingerprint density at radius 3 is 2.38 bits per heavy atom. The molecule has 0 bridgehead atoms. The average molecular weight is 543 g/mol. The lowest BCUT2D eigenvalue weighted by molar-refractivity contribution is -0.143. The van der Waals surface area contributed by atoms with Crippen molar-refractivity contribution in [1.82, 2.24) is 10.2 Å². The van der Waals surface area contributed by atoms with Gasteiger partial charge in [0.1, 0.15) is 17.5 Å². The van der Waals surface area contributed by atoms with Crippen LogP contribution in [-0.2, 0) is 22.6 Å². The van der Waals surface area contributed by atoms with Gasteiger partial charge in [-0.3, -0.25) is 9.59 Å². The van der Waals surface area contributed by atoms with Gasteiger partial charge in [-0.15, -0.1) is 0 Å². The van der Waals surface area contributed by atoms with Gasteiger partial charge in [-0.25, -0.2) is 0 Å². The van der Waals surface area contributed by atoms with Crippen molar-refractivity contribution in [2.75, 3.05) is 13.7 Å². The molecular formula is C34H42N2O4. The highest BCUT2D eigenvalue weighted by atomic mass is 16.5. The van der Waals surface area contributed by atoms with Crippen LogP contribution in [0.1, 0.15) is 59.9 Å². The summed E-state index contributed by atoms with van der Waals surface area (Å²) < 4.78 is 11.5. The highest BCUT2D eigenvalue weighted by Gasteiger charge is 2.32. The number of methoxy groups -OCH3 is 1. The molecule has 3 aromatic carbocycles. The Morgan fingerprint density at radius 1 is 0.925 bits per heavy atom. The third-order valence-electron chi connectivity index (χ3n) is 7.82. The summed E-state index contributed by atoms with van der Waals surface area (Å²) in [5, 5.41) is 3.28. The monoisotopic (exact) mass is 542 g/mol. The van der Waals surface area contributed by atoms with Gasteiger partial charge in [-0.2, -0.15) is 0 Å². The third-order valence-corrected chi connectivity index (χ3v) is 7.82. The van der Waals surface area contributed by atoms with Gasteiger partial charge in [0.2, 0.25) is 5.91 Å². The molecule has 0 spiro atoms. The first-order valence-electron chi connectivity index (χ1n) is 14.3. The molecule has 212 valence electrons. The number of nitrogens with one attached hydrogen (secondary N) is 1. The Labute approximate surface area is 238 Å². The lowest BCUT2D eigenvalue weighted by atomic mass is 9.94. The van der Waals surface area contributed by atoms with Crippen molar-refractivity contribution >= 4 is 11.8 Å². The molecule has 0 heterocycles. The molecule has 3 aromatic rings. The Hall–Kier alpha value is -3.80. The summed E-state index contributed by atoms with van der Waals surface area (Å²) in [5.74, 6) is 1.05. The van der Waals surface area contributed by atoms with Gasteiger partial charge < -0.3 is 19.7 Å². The van der Waals surface area contributed by atoms with Gasteiger partial charge in [0, 0.05) is 19.0 Å². The van der Waals surface area contributed by atoms with E-state index in [2.05, 4.69) is 11.4 Å². The maximum atomic E-state index is 14.0. The fourth-order valence-corrected chi connectivity index (χ4v) is 5.44. The first-order valence-corrected chi connectivity index (χ1v) is 14.3. The van der Waals surface area contributed by atoms with Crippen molar-refractivity contribution in [3.63, 3.8) is 0 Å². The number of rotatable bonds is 11. The number of nitrogens with zero attached hydrogens (tertiary/aromatic N) is 1. The number of carbonyl (C=O) groups is 2. The minimum Gasteiger partial charge on any atom is -0.497 e. The fourth-order valence-electron chi connectivity index (χ4n) is 5.44. The minimum absolute atomic E-state index is 0.116. The van der Waals surface area contributed by atoms with Gasteiger partial charge in [0.15, 0.2) is 6.61 Å². The van der Waals surface area contributed by atoms with Crippen LogP contribution in [0.2, 0.25) is 0 Å². The number of benzene rings is 3. The zero-order valence-corrected chi connectivity index (χ0v) is 24.2. The van der Waals surface area contributed by atoms with Crippen molar-refractivity contribution in [3.8, 4) is 11.5 Å². The molecule has 0 radical (unpaired) electrons. The van der Waals surface area contributed by atoms with E-state index in [1.165, 1.54) is 6.42 Å². The molecule has 1 saturated carbocycles. The molecule has 0 aromatic heterocycles. The Morgan fingerprint density at radius 2 is 1.65 bits per heavy atom. The van der Waals surface area contributed by atoms with Gasteiger partial charge in [-0.05, 0) is 79.6 Å². The summed E-state index contributed by atoms with van der Waals surface area (Å²) in [4.78, 5) is 29.6. The molecule has 6 heteroatoms. The van der Waals surface area contributed by atoms with Crippen LogP contribution in [0.4, 0.5) is 0 Å². The topological polar surface area (TPSA) is 67.9 Å². The van der Waals surface area contributed by atoms with Crippen LogP contribution >= 0.6 is 0 Å². The minimum atomic E-state index is -0.688. The molecule has 0 saturated heterocycles. The number of carbonyl (C=O) groups excluding carboxylic acids is 2. The smallest absolute Gasteiger partial charge is 0.261 e. The highest BCUT2D eigenvalue weighted by Crippen LogP contribution is 2.25. The van der Waals surface area contributed by atoms with Crippen LogP contribution < -0.4 is 14.8 Å². The predicted octanol–water partition coefficient (Wildman–Crippen LogP) is 6.09. The van der Waals surface area contributed by atoms with Crippen molar-refractivity contribution in [1.29, 1.82) is 0 Å². The van der Waals surface area contributed by atoms with E-state index >= 15 is 0 Å². The van der Waals surface area contributed by atoms with Gasteiger partial charge in [0.25, 0.3) is 5.91 Å². The molecule has 1 aliphatic rings. The lowest BCUT2D eigenvalue weighted by Crippen LogP contribution is -2.53. The van der Waals surface area contributed by atoms with Crippen LogP contribution in [0, 0.1) is 20.8 Å². The van der Waals surface area contributed by atoms with Crippen LogP contribution in [0.25, 0.3) is 0 Å². The average Bonchev–Trinajstić information content (AvgIpc) is 2.97. The second-order valence-electron chi connectivity index (χ2n) is 10.9. The van der Waals surface area contributed by atoms with E-state index in [-0.39, 0.29) is 31.0 Å². The quantitative estimate of drug-likeness (QED) is 0.319. The van der Waals surface area contributed by atoms with Crippen LogP contribution in [-0.4, -0.2) is 42.5 Å². The summed E-state index contributed by atoms with van der Waals surface area (Å²) in [6.07, 6.45) is 5.80. The Balaban J connectivity index is 1.64. The van der Waals surface area contributed by atoms with E-state index in [0.29, 0.717) is 17.9 Å².